The molecule has 2 atom stereocenters. The highest BCUT2D eigenvalue weighted by molar-refractivity contribution is 7.98. The molecule has 8 nitrogen and oxygen atoms in total. The summed E-state index contributed by atoms with van der Waals surface area (Å²) in [6, 6.07) is 31.5. The van der Waals surface area contributed by atoms with Gasteiger partial charge in [-0.3, -0.25) is 4.79 Å². The van der Waals surface area contributed by atoms with Crippen LogP contribution < -0.4 is 5.32 Å². The molecule has 1 N–H and O–H groups in total. The fourth-order valence-corrected chi connectivity index (χ4v) is 8.30. The van der Waals surface area contributed by atoms with E-state index in [0.29, 0.717) is 55.2 Å². The summed E-state index contributed by atoms with van der Waals surface area (Å²) < 4.78 is 39.8. The number of hydrogen-bond acceptors (Lipinski definition) is 7. The van der Waals surface area contributed by atoms with E-state index in [9.17, 15) is 18.0 Å². The van der Waals surface area contributed by atoms with Crippen molar-refractivity contribution >= 4 is 33.7 Å². The van der Waals surface area contributed by atoms with Gasteiger partial charge in [0.05, 0.1) is 24.7 Å². The zero-order chi connectivity index (χ0) is 34.8. The van der Waals surface area contributed by atoms with Crippen molar-refractivity contribution in [2.24, 2.45) is 5.92 Å². The summed E-state index contributed by atoms with van der Waals surface area (Å²) in [4.78, 5) is 26.5. The lowest BCUT2D eigenvalue weighted by molar-refractivity contribution is -0.142. The molecule has 0 aliphatic carbocycles. The molecule has 1 amide bonds. The maximum Gasteiger partial charge on any atom is 0.328 e. The number of ether oxygens (including phenoxy) is 2. The zero-order valence-corrected chi connectivity index (χ0v) is 29.8. The number of piperidine rings is 1. The largest absolute Gasteiger partial charge is 0.467 e. The normalized spacial score (nSPS) is 15.3. The van der Waals surface area contributed by atoms with Crippen molar-refractivity contribution in [2.75, 3.05) is 32.2 Å². The molecule has 1 fully saturated rings. The number of nitrogens with zero attached hydrogens (tertiary/aromatic N) is 1. The molecule has 4 aromatic carbocycles. The van der Waals surface area contributed by atoms with Crippen molar-refractivity contribution in [3.8, 4) is 11.1 Å². The van der Waals surface area contributed by atoms with Crippen LogP contribution in [0.3, 0.4) is 0 Å². The van der Waals surface area contributed by atoms with Crippen LogP contribution in [0.15, 0.2) is 108 Å². The molecule has 258 valence electrons. The second kappa shape index (κ2) is 17.1. The van der Waals surface area contributed by atoms with Gasteiger partial charge >= 0.3 is 5.97 Å². The number of sulfonamides is 1. The third-order valence-electron chi connectivity index (χ3n) is 9.03. The minimum atomic E-state index is -3.56. The number of benzene rings is 4. The highest BCUT2D eigenvalue weighted by atomic mass is 32.2. The predicted molar refractivity (Wildman–Crippen MR) is 195 cm³/mol. The lowest BCUT2D eigenvalue weighted by Crippen LogP contribution is -2.42. The summed E-state index contributed by atoms with van der Waals surface area (Å²) in [5, 5.41) is 2.90. The first-order valence-corrected chi connectivity index (χ1v) is 19.3. The fraction of sp³-hybridized carbons (Fsp3) is 0.333. The standard InChI is InChI=1S/C39H44N2O6S2/c1-28-12-10-11-17-33(28)35-26-29(18-19-34(35)38(42)40-36(22-25-48-3)39(43)46-2)27-47-37(30-13-6-4-7-14-30)31-20-23-41(24-21-31)49(44,45)32-15-8-5-9-16-32/h4-19,26,31,36-37H,20-25,27H2,1-3H3,(H,40,42)/t36-,37?/m0/s1. The van der Waals surface area contributed by atoms with E-state index in [-0.39, 0.29) is 17.9 Å². The van der Waals surface area contributed by atoms with Gasteiger partial charge in [-0.05, 0) is 96.2 Å². The van der Waals surface area contributed by atoms with Crippen molar-refractivity contribution in [3.63, 3.8) is 0 Å². The fourth-order valence-electron chi connectivity index (χ4n) is 6.33. The monoisotopic (exact) mass is 700 g/mol. The topological polar surface area (TPSA) is 102 Å². The average Bonchev–Trinajstić information content (AvgIpc) is 3.14. The van der Waals surface area contributed by atoms with Crippen LogP contribution in [0, 0.1) is 12.8 Å². The Hall–Kier alpha value is -3.96. The molecule has 0 bridgehead atoms. The molecule has 10 heteroatoms. The van der Waals surface area contributed by atoms with Crippen LogP contribution in [-0.4, -0.2) is 62.8 Å². The van der Waals surface area contributed by atoms with Crippen LogP contribution in [0.5, 0.6) is 0 Å². The molecule has 1 saturated heterocycles. The minimum Gasteiger partial charge on any atom is -0.467 e. The van der Waals surface area contributed by atoms with Gasteiger partial charge in [-0.15, -0.1) is 0 Å². The molecule has 1 aliphatic heterocycles. The maximum atomic E-state index is 13.7. The molecule has 1 aliphatic rings. The number of methoxy groups -OCH3 is 1. The molecular weight excluding hydrogens is 657 g/mol. The van der Waals surface area contributed by atoms with Crippen LogP contribution in [0.25, 0.3) is 11.1 Å². The Kier molecular flexibility index (Phi) is 12.7. The van der Waals surface area contributed by atoms with Crippen molar-refractivity contribution in [1.29, 1.82) is 0 Å². The van der Waals surface area contributed by atoms with Gasteiger partial charge in [0.2, 0.25) is 10.0 Å². The molecular formula is C39H44N2O6S2. The predicted octanol–water partition coefficient (Wildman–Crippen LogP) is 7.05. The average molecular weight is 701 g/mol. The second-order valence-corrected chi connectivity index (χ2v) is 15.1. The van der Waals surface area contributed by atoms with E-state index in [1.54, 1.807) is 46.4 Å². The van der Waals surface area contributed by atoms with Crippen LogP contribution in [-0.2, 0) is 30.9 Å². The van der Waals surface area contributed by atoms with Crippen LogP contribution in [0.2, 0.25) is 0 Å². The lowest BCUT2D eigenvalue weighted by atomic mass is 9.88. The van der Waals surface area contributed by atoms with Gasteiger partial charge in [-0.2, -0.15) is 16.1 Å². The molecule has 0 spiro atoms. The van der Waals surface area contributed by atoms with Gasteiger partial charge in [0.25, 0.3) is 5.91 Å². The Morgan fingerprint density at radius 2 is 1.55 bits per heavy atom. The smallest absolute Gasteiger partial charge is 0.328 e. The van der Waals surface area contributed by atoms with Gasteiger partial charge in [-0.1, -0.05) is 78.9 Å². The molecule has 0 saturated carbocycles. The van der Waals surface area contributed by atoms with E-state index >= 15 is 0 Å². The Morgan fingerprint density at radius 1 is 0.898 bits per heavy atom. The molecule has 0 radical (unpaired) electrons. The third-order valence-corrected chi connectivity index (χ3v) is 11.6. The van der Waals surface area contributed by atoms with Crippen LogP contribution in [0.1, 0.15) is 52.4 Å². The molecule has 0 aromatic heterocycles. The number of nitrogens with one attached hydrogen (secondary N) is 1. The molecule has 4 aromatic rings. The van der Waals surface area contributed by atoms with Crippen molar-refractivity contribution < 1.29 is 27.5 Å². The van der Waals surface area contributed by atoms with Gasteiger partial charge < -0.3 is 14.8 Å². The Labute approximate surface area is 294 Å². The minimum absolute atomic E-state index is 0.113. The van der Waals surface area contributed by atoms with Crippen LogP contribution >= 0.6 is 11.8 Å². The van der Waals surface area contributed by atoms with E-state index in [4.69, 9.17) is 9.47 Å². The summed E-state index contributed by atoms with van der Waals surface area (Å²) in [5.74, 6) is -0.00484. The quantitative estimate of drug-likeness (QED) is 0.141. The molecule has 1 unspecified atom stereocenters. The summed E-state index contributed by atoms with van der Waals surface area (Å²) in [5.41, 5.74) is 5.08. The number of amides is 1. The first-order valence-electron chi connectivity index (χ1n) is 16.5. The number of carbonyl (C=O) groups excluding carboxylic acids is 2. The van der Waals surface area contributed by atoms with E-state index in [1.807, 2.05) is 73.8 Å². The molecule has 1 heterocycles. The molecule has 49 heavy (non-hydrogen) atoms. The molecule has 5 rings (SSSR count). The highest BCUT2D eigenvalue weighted by Crippen LogP contribution is 2.37. The summed E-state index contributed by atoms with van der Waals surface area (Å²) in [7, 11) is -2.24. The van der Waals surface area contributed by atoms with Gasteiger partial charge in [-0.25, -0.2) is 13.2 Å². The van der Waals surface area contributed by atoms with Crippen molar-refractivity contribution in [1.82, 2.24) is 9.62 Å². The second-order valence-electron chi connectivity index (χ2n) is 12.2. The van der Waals surface area contributed by atoms with E-state index < -0.39 is 22.0 Å². The van der Waals surface area contributed by atoms with E-state index in [1.165, 1.54) is 7.11 Å². The lowest BCUT2D eigenvalue weighted by Gasteiger charge is -2.35. The van der Waals surface area contributed by atoms with Gasteiger partial charge in [0.15, 0.2) is 0 Å². The first-order chi connectivity index (χ1) is 23.7. The summed E-state index contributed by atoms with van der Waals surface area (Å²) in [6.07, 6.45) is 3.50. The highest BCUT2D eigenvalue weighted by Gasteiger charge is 2.34. The third kappa shape index (κ3) is 8.99. The number of hydrogen-bond donors (Lipinski definition) is 1. The first kappa shape index (κ1) is 36.3. The van der Waals surface area contributed by atoms with Crippen LogP contribution in [0.4, 0.5) is 0 Å². The Balaban J connectivity index is 1.37. The van der Waals surface area contributed by atoms with Gasteiger partial charge in [0.1, 0.15) is 6.04 Å². The van der Waals surface area contributed by atoms with Crippen molar-refractivity contribution in [3.05, 3.63) is 125 Å². The number of rotatable bonds is 14. The van der Waals surface area contributed by atoms with Gasteiger partial charge in [0, 0.05) is 18.7 Å². The number of esters is 1. The Morgan fingerprint density at radius 3 is 2.20 bits per heavy atom. The van der Waals surface area contributed by atoms with Crippen molar-refractivity contribution in [2.45, 2.75) is 49.8 Å². The van der Waals surface area contributed by atoms with E-state index in [2.05, 4.69) is 17.4 Å². The Bertz CT molecular complexity index is 1810. The number of carbonyl (C=O) groups is 2. The SMILES string of the molecule is COC(=O)[C@H](CCSC)NC(=O)c1ccc(COC(c2ccccc2)C2CCN(S(=O)(=O)c3ccccc3)CC2)cc1-c1ccccc1C. The summed E-state index contributed by atoms with van der Waals surface area (Å²) >= 11 is 1.60. The maximum absolute atomic E-state index is 13.7. The summed E-state index contributed by atoms with van der Waals surface area (Å²) in [6.45, 7) is 3.13. The zero-order valence-electron chi connectivity index (χ0n) is 28.2. The number of thioether (sulfide) groups is 1. The number of aryl methyl sites for hydroxylation is 1. The van der Waals surface area contributed by atoms with E-state index in [0.717, 1.165) is 27.8 Å².